The van der Waals surface area contributed by atoms with Crippen molar-refractivity contribution in [2.45, 2.75) is 11.4 Å². The first-order chi connectivity index (χ1) is 16.3. The molecule has 1 heterocycles. The second-order valence-corrected chi connectivity index (χ2v) is 9.28. The van der Waals surface area contributed by atoms with Gasteiger partial charge in [0.25, 0.3) is 5.91 Å². The molecule has 3 aromatic carbocycles. The first-order valence-corrected chi connectivity index (χ1v) is 11.9. The topological polar surface area (TPSA) is 131 Å². The number of carbonyl (C=O) groups is 1. The number of primary sulfonamides is 1. The first kappa shape index (κ1) is 23.2. The number of benzene rings is 3. The molecule has 0 saturated carbocycles. The average Bonchev–Trinajstić information content (AvgIpc) is 3.19. The summed E-state index contributed by atoms with van der Waals surface area (Å²) >= 11 is 6.07. The van der Waals surface area contributed by atoms with Crippen molar-refractivity contribution < 1.29 is 13.2 Å². The van der Waals surface area contributed by atoms with Gasteiger partial charge in [0.2, 0.25) is 10.0 Å². The summed E-state index contributed by atoms with van der Waals surface area (Å²) < 4.78 is 24.7. The fraction of sp³-hybridized carbons (Fsp3) is 0.0417. The summed E-state index contributed by atoms with van der Waals surface area (Å²) in [5.74, 6) is -0.452. The number of hydrogen-bond donors (Lipinski definition) is 2. The van der Waals surface area contributed by atoms with E-state index in [1.807, 2.05) is 12.1 Å². The van der Waals surface area contributed by atoms with Gasteiger partial charge in [-0.25, -0.2) is 18.2 Å². The highest BCUT2D eigenvalue weighted by atomic mass is 35.5. The number of nitrogens with two attached hydrogens (primary N) is 1. The van der Waals surface area contributed by atoms with Gasteiger partial charge in [-0.15, -0.1) is 0 Å². The van der Waals surface area contributed by atoms with Gasteiger partial charge in [-0.1, -0.05) is 54.1 Å². The van der Waals surface area contributed by atoms with Crippen LogP contribution in [0.2, 0.25) is 5.02 Å². The third-order valence-electron chi connectivity index (χ3n) is 5.01. The molecule has 170 valence electrons. The van der Waals surface area contributed by atoms with Crippen LogP contribution in [0.4, 0.5) is 5.69 Å². The minimum atomic E-state index is -3.88. The monoisotopic (exact) mass is 491 g/mol. The fourth-order valence-electron chi connectivity index (χ4n) is 3.48. The molecule has 4 rings (SSSR count). The number of hydrogen-bond acceptors (Lipinski definition) is 5. The number of halogens is 1. The van der Waals surface area contributed by atoms with Gasteiger partial charge in [0.05, 0.1) is 11.0 Å². The predicted molar refractivity (Wildman–Crippen MR) is 129 cm³/mol. The van der Waals surface area contributed by atoms with Crippen molar-refractivity contribution >= 4 is 33.2 Å². The number of amides is 1. The highest BCUT2D eigenvalue weighted by molar-refractivity contribution is 7.89. The lowest BCUT2D eigenvalue weighted by molar-refractivity contribution is 0.101. The molecule has 0 bridgehead atoms. The maximum atomic E-state index is 13.4. The second kappa shape index (κ2) is 9.49. The lowest BCUT2D eigenvalue weighted by atomic mass is 9.98. The zero-order chi connectivity index (χ0) is 24.3. The molecule has 0 aliphatic carbocycles. The number of anilines is 1. The lowest BCUT2D eigenvalue weighted by Crippen LogP contribution is -2.18. The average molecular weight is 492 g/mol. The van der Waals surface area contributed by atoms with Gasteiger partial charge in [0.15, 0.2) is 0 Å². The summed E-state index contributed by atoms with van der Waals surface area (Å²) in [6, 6.07) is 23.6. The van der Waals surface area contributed by atoms with Crippen LogP contribution in [0.5, 0.6) is 0 Å². The number of nitriles is 1. The maximum Gasteiger partial charge on any atom is 0.274 e. The van der Waals surface area contributed by atoms with Crippen molar-refractivity contribution in [2.75, 3.05) is 5.32 Å². The molecule has 0 radical (unpaired) electrons. The van der Waals surface area contributed by atoms with E-state index >= 15 is 0 Å². The van der Waals surface area contributed by atoms with Gasteiger partial charge in [0.1, 0.15) is 17.9 Å². The van der Waals surface area contributed by atoms with Crippen LogP contribution >= 0.6 is 11.6 Å². The van der Waals surface area contributed by atoms with E-state index in [-0.39, 0.29) is 17.1 Å². The maximum absolute atomic E-state index is 13.4. The molecule has 0 aliphatic heterocycles. The van der Waals surface area contributed by atoms with Gasteiger partial charge in [-0.3, -0.25) is 4.79 Å². The molecule has 3 N–H and O–H groups in total. The molecule has 0 atom stereocenters. The number of carbonyl (C=O) groups excluding carboxylic acids is 1. The Morgan fingerprint density at radius 2 is 1.62 bits per heavy atom. The van der Waals surface area contributed by atoms with Crippen LogP contribution in [-0.4, -0.2) is 24.1 Å². The van der Waals surface area contributed by atoms with E-state index < -0.39 is 15.9 Å². The van der Waals surface area contributed by atoms with E-state index in [2.05, 4.69) is 10.4 Å². The minimum absolute atomic E-state index is 0.0530. The van der Waals surface area contributed by atoms with E-state index in [9.17, 15) is 18.5 Å². The highest BCUT2D eigenvalue weighted by Gasteiger charge is 2.26. The van der Waals surface area contributed by atoms with Crippen molar-refractivity contribution in [1.29, 1.82) is 5.26 Å². The summed E-state index contributed by atoms with van der Waals surface area (Å²) in [6.45, 7) is -0.173. The molecule has 34 heavy (non-hydrogen) atoms. The predicted octanol–water partition coefficient (Wildman–Crippen LogP) is 4.29. The summed E-state index contributed by atoms with van der Waals surface area (Å²) in [5.41, 5.74) is 2.83. The highest BCUT2D eigenvalue weighted by Crippen LogP contribution is 2.36. The van der Waals surface area contributed by atoms with Gasteiger partial charge in [-0.05, 0) is 42.0 Å². The summed E-state index contributed by atoms with van der Waals surface area (Å²) in [7, 11) is -3.88. The van der Waals surface area contributed by atoms with Crippen molar-refractivity contribution in [3.8, 4) is 28.5 Å². The zero-order valence-corrected chi connectivity index (χ0v) is 19.2. The molecule has 0 unspecified atom stereocenters. The quantitative estimate of drug-likeness (QED) is 0.415. The normalized spacial score (nSPS) is 11.1. The standard InChI is InChI=1S/C24H18ClN5O3S/c25-18-10-6-16(7-11-18)21-22(17-8-12-20(13-9-17)34(27,32)33)29-30(15-14-26)23(21)24(31)28-19-4-2-1-3-5-19/h1-13H,15H2,(H,28,31)(H2,27,32,33). The Balaban J connectivity index is 1.92. The van der Waals surface area contributed by atoms with Crippen molar-refractivity contribution in [1.82, 2.24) is 9.78 Å². The number of sulfonamides is 1. The summed E-state index contributed by atoms with van der Waals surface area (Å²) in [4.78, 5) is 13.3. The second-order valence-electron chi connectivity index (χ2n) is 7.28. The molecule has 1 amide bonds. The van der Waals surface area contributed by atoms with Gasteiger partial charge >= 0.3 is 0 Å². The third-order valence-corrected chi connectivity index (χ3v) is 6.19. The molecule has 0 saturated heterocycles. The SMILES string of the molecule is N#CCn1nc(-c2ccc(S(N)(=O)=O)cc2)c(-c2ccc(Cl)cc2)c1C(=O)Nc1ccccc1. The van der Waals surface area contributed by atoms with Gasteiger partial charge < -0.3 is 5.32 Å². The molecular weight excluding hydrogens is 474 g/mol. The zero-order valence-electron chi connectivity index (χ0n) is 17.6. The number of nitrogens with zero attached hydrogens (tertiary/aromatic N) is 3. The molecule has 0 fully saturated rings. The molecule has 10 heteroatoms. The van der Waals surface area contributed by atoms with E-state index in [1.54, 1.807) is 60.7 Å². The van der Waals surface area contributed by atoms with Crippen molar-refractivity contribution in [3.63, 3.8) is 0 Å². The lowest BCUT2D eigenvalue weighted by Gasteiger charge is -2.10. The van der Waals surface area contributed by atoms with Crippen LogP contribution in [0.1, 0.15) is 10.5 Å². The van der Waals surface area contributed by atoms with Crippen LogP contribution < -0.4 is 10.5 Å². The fourth-order valence-corrected chi connectivity index (χ4v) is 4.12. The summed E-state index contributed by atoms with van der Waals surface area (Å²) in [5, 5.41) is 22.5. The van der Waals surface area contributed by atoms with Crippen LogP contribution in [0, 0.1) is 11.3 Å². The van der Waals surface area contributed by atoms with Crippen LogP contribution in [-0.2, 0) is 16.6 Å². The van der Waals surface area contributed by atoms with E-state index in [1.165, 1.54) is 16.8 Å². The number of aromatic nitrogens is 2. The Morgan fingerprint density at radius 1 is 1.00 bits per heavy atom. The van der Waals surface area contributed by atoms with Crippen LogP contribution in [0.15, 0.2) is 83.8 Å². The minimum Gasteiger partial charge on any atom is -0.321 e. The largest absolute Gasteiger partial charge is 0.321 e. The van der Waals surface area contributed by atoms with Crippen molar-refractivity contribution in [2.24, 2.45) is 5.14 Å². The Labute approximate surface area is 201 Å². The van der Waals surface area contributed by atoms with Crippen LogP contribution in [0.25, 0.3) is 22.4 Å². The van der Waals surface area contributed by atoms with Gasteiger partial charge in [0, 0.05) is 21.8 Å². The summed E-state index contributed by atoms with van der Waals surface area (Å²) in [6.07, 6.45) is 0. The van der Waals surface area contributed by atoms with E-state index in [0.717, 1.165) is 0 Å². The molecular formula is C24H18ClN5O3S. The number of para-hydroxylation sites is 1. The number of nitrogens with one attached hydrogen (secondary N) is 1. The van der Waals surface area contributed by atoms with E-state index in [4.69, 9.17) is 16.7 Å². The van der Waals surface area contributed by atoms with Crippen molar-refractivity contribution in [3.05, 3.63) is 89.6 Å². The molecule has 1 aromatic heterocycles. The molecule has 8 nitrogen and oxygen atoms in total. The number of rotatable bonds is 6. The Bertz CT molecular complexity index is 1490. The van der Waals surface area contributed by atoms with Gasteiger partial charge in [-0.2, -0.15) is 10.4 Å². The molecule has 0 aliphatic rings. The van der Waals surface area contributed by atoms with E-state index in [0.29, 0.717) is 33.1 Å². The molecule has 4 aromatic rings. The van der Waals surface area contributed by atoms with Crippen LogP contribution in [0.3, 0.4) is 0 Å². The smallest absolute Gasteiger partial charge is 0.274 e. The third kappa shape index (κ3) is 4.84. The Kier molecular flexibility index (Phi) is 6.47. The Hall–Kier alpha value is -3.97. The Morgan fingerprint density at radius 3 is 2.21 bits per heavy atom. The first-order valence-electron chi connectivity index (χ1n) is 10.0. The molecule has 0 spiro atoms.